The highest BCUT2D eigenvalue weighted by atomic mass is 16.5. The Morgan fingerprint density at radius 3 is 1.43 bits per heavy atom. The topological polar surface area (TPSA) is 88.4 Å². The zero-order valence-corrected chi connectivity index (χ0v) is 22.8. The summed E-state index contributed by atoms with van der Waals surface area (Å²) in [6, 6.07) is 41.3. The van der Waals surface area contributed by atoms with Crippen molar-refractivity contribution in [2.75, 3.05) is 6.61 Å². The number of hydrogen-bond donors (Lipinski definition) is 2. The summed E-state index contributed by atoms with van der Waals surface area (Å²) >= 11 is 0. The van der Waals surface area contributed by atoms with Crippen molar-refractivity contribution < 1.29 is 14.9 Å². The quantitative estimate of drug-likeness (QED) is 0.204. The molecule has 1 unspecified atom stereocenters. The third kappa shape index (κ3) is 6.04. The molecule has 1 atom stereocenters. The normalized spacial score (nSPS) is 11.7. The first-order chi connectivity index (χ1) is 20.5. The number of benzene rings is 5. The summed E-state index contributed by atoms with van der Waals surface area (Å²) in [5.74, 6) is 1.66. The summed E-state index contributed by atoms with van der Waals surface area (Å²) in [7, 11) is 0. The van der Waals surface area contributed by atoms with Crippen molar-refractivity contribution in [2.24, 2.45) is 0 Å². The van der Waals surface area contributed by atoms with Crippen LogP contribution in [-0.4, -0.2) is 37.9 Å². The van der Waals surface area contributed by atoms with Crippen LogP contribution in [0, 0.1) is 6.92 Å². The van der Waals surface area contributed by atoms with E-state index >= 15 is 0 Å². The van der Waals surface area contributed by atoms with Crippen LogP contribution in [0.4, 0.5) is 0 Å². The first-order valence-corrected chi connectivity index (χ1v) is 13.6. The van der Waals surface area contributed by atoms with E-state index in [2.05, 4.69) is 31.2 Å². The molecule has 0 saturated carbocycles. The average Bonchev–Trinajstić information content (AvgIpc) is 3.04. The number of aromatic nitrogens is 3. The van der Waals surface area contributed by atoms with Gasteiger partial charge in [-0.3, -0.25) is 0 Å². The molecule has 5 aromatic carbocycles. The van der Waals surface area contributed by atoms with E-state index in [4.69, 9.17) is 19.7 Å². The van der Waals surface area contributed by atoms with Gasteiger partial charge in [-0.1, -0.05) is 109 Å². The number of phenols is 1. The average molecular weight is 551 g/mol. The third-order valence-corrected chi connectivity index (χ3v) is 6.79. The molecule has 1 heterocycles. The third-order valence-electron chi connectivity index (χ3n) is 6.79. The van der Waals surface area contributed by atoms with Crippen LogP contribution in [-0.2, 0) is 0 Å². The standard InChI is InChI=1S/C36H28N3O3/c1-24(40)23-42-31-20-21-32(33(41)22-31)36-38-34(29-16-12-27(13-17-29)25-8-4-2-5-9-25)37-35(39-36)30-18-14-28(15-19-30)26-10-6-3-7-11-26/h2-22,24,40-41H,1,23H2. The predicted octanol–water partition coefficient (Wildman–Crippen LogP) is 7.49. The van der Waals surface area contributed by atoms with Crippen LogP contribution in [0.5, 0.6) is 11.5 Å². The van der Waals surface area contributed by atoms with Gasteiger partial charge in [-0.25, -0.2) is 15.0 Å². The molecule has 6 rings (SSSR count). The molecular weight excluding hydrogens is 522 g/mol. The van der Waals surface area contributed by atoms with Crippen molar-refractivity contribution in [3.63, 3.8) is 0 Å². The number of hydrogen-bond acceptors (Lipinski definition) is 6. The van der Waals surface area contributed by atoms with Crippen molar-refractivity contribution in [3.8, 4) is 67.9 Å². The van der Waals surface area contributed by atoms with Gasteiger partial charge in [0.1, 0.15) is 18.1 Å². The molecular formula is C36H28N3O3. The van der Waals surface area contributed by atoms with E-state index in [9.17, 15) is 10.2 Å². The minimum absolute atomic E-state index is 0.0107. The maximum Gasteiger partial charge on any atom is 0.167 e. The highest BCUT2D eigenvalue weighted by Crippen LogP contribution is 2.33. The SMILES string of the molecule is [CH2]C(O)COc1ccc(-c2nc(-c3ccc(-c4ccccc4)cc3)nc(-c3ccc(-c4ccccc4)cc3)n2)c(O)c1. The lowest BCUT2D eigenvalue weighted by Crippen LogP contribution is -2.13. The van der Waals surface area contributed by atoms with Crippen molar-refractivity contribution in [2.45, 2.75) is 6.10 Å². The molecule has 6 heteroatoms. The summed E-state index contributed by atoms with van der Waals surface area (Å²) in [6.45, 7) is 3.52. The Morgan fingerprint density at radius 2 is 0.976 bits per heavy atom. The molecule has 6 aromatic rings. The summed E-state index contributed by atoms with van der Waals surface area (Å²) < 4.78 is 5.49. The van der Waals surface area contributed by atoms with Crippen molar-refractivity contribution in [1.82, 2.24) is 15.0 Å². The Hall–Kier alpha value is -5.33. The maximum atomic E-state index is 10.9. The molecule has 0 fully saturated rings. The van der Waals surface area contributed by atoms with E-state index in [1.54, 1.807) is 12.1 Å². The van der Waals surface area contributed by atoms with Gasteiger partial charge >= 0.3 is 0 Å². The van der Waals surface area contributed by atoms with Gasteiger partial charge in [-0.2, -0.15) is 0 Å². The second-order valence-corrected chi connectivity index (χ2v) is 9.84. The Labute approximate surface area is 244 Å². The molecule has 0 aliphatic carbocycles. The lowest BCUT2D eigenvalue weighted by atomic mass is 10.0. The summed E-state index contributed by atoms with van der Waals surface area (Å²) in [5.41, 5.74) is 6.51. The van der Waals surface area contributed by atoms with Gasteiger partial charge < -0.3 is 14.9 Å². The lowest BCUT2D eigenvalue weighted by Gasteiger charge is -2.12. The van der Waals surface area contributed by atoms with Gasteiger partial charge in [0.25, 0.3) is 0 Å². The minimum Gasteiger partial charge on any atom is -0.507 e. The number of ether oxygens (including phenoxy) is 1. The van der Waals surface area contributed by atoms with E-state index in [0.29, 0.717) is 28.8 Å². The zero-order chi connectivity index (χ0) is 28.9. The fraction of sp³-hybridized carbons (Fsp3) is 0.0556. The molecule has 0 aliphatic heterocycles. The second kappa shape index (κ2) is 12.0. The largest absolute Gasteiger partial charge is 0.507 e. The fourth-order valence-electron chi connectivity index (χ4n) is 4.62. The molecule has 205 valence electrons. The number of phenolic OH excluding ortho intramolecular Hbond substituents is 1. The van der Waals surface area contributed by atoms with Crippen molar-refractivity contribution in [1.29, 1.82) is 0 Å². The molecule has 2 N–H and O–H groups in total. The second-order valence-electron chi connectivity index (χ2n) is 9.84. The molecule has 6 nitrogen and oxygen atoms in total. The van der Waals surface area contributed by atoms with Gasteiger partial charge in [0.2, 0.25) is 0 Å². The number of aromatic hydroxyl groups is 1. The van der Waals surface area contributed by atoms with E-state index in [1.807, 2.05) is 84.9 Å². The van der Waals surface area contributed by atoms with Crippen molar-refractivity contribution in [3.05, 3.63) is 134 Å². The van der Waals surface area contributed by atoms with Gasteiger partial charge in [0.05, 0.1) is 11.7 Å². The summed E-state index contributed by atoms with van der Waals surface area (Å²) in [6.07, 6.45) is -0.873. The van der Waals surface area contributed by atoms with E-state index < -0.39 is 6.10 Å². The molecule has 1 radical (unpaired) electrons. The van der Waals surface area contributed by atoms with Gasteiger partial charge in [-0.05, 0) is 41.3 Å². The monoisotopic (exact) mass is 550 g/mol. The zero-order valence-electron chi connectivity index (χ0n) is 22.8. The van der Waals surface area contributed by atoms with E-state index in [1.165, 1.54) is 6.07 Å². The number of rotatable bonds is 8. The molecule has 0 spiro atoms. The van der Waals surface area contributed by atoms with Crippen LogP contribution in [0.3, 0.4) is 0 Å². The molecule has 0 amide bonds. The summed E-state index contributed by atoms with van der Waals surface area (Å²) in [4.78, 5) is 14.4. The smallest absolute Gasteiger partial charge is 0.167 e. The summed E-state index contributed by atoms with van der Waals surface area (Å²) in [5, 5.41) is 20.3. The van der Waals surface area contributed by atoms with Gasteiger partial charge in [0, 0.05) is 17.2 Å². The molecule has 42 heavy (non-hydrogen) atoms. The molecule has 1 aromatic heterocycles. The molecule has 0 saturated heterocycles. The molecule has 0 bridgehead atoms. The van der Waals surface area contributed by atoms with E-state index in [-0.39, 0.29) is 12.4 Å². The highest BCUT2D eigenvalue weighted by molar-refractivity contribution is 5.73. The minimum atomic E-state index is -0.873. The molecule has 0 aliphatic rings. The van der Waals surface area contributed by atoms with Crippen LogP contribution in [0.15, 0.2) is 127 Å². The lowest BCUT2D eigenvalue weighted by molar-refractivity contribution is 0.142. The Bertz CT molecular complexity index is 1690. The van der Waals surface area contributed by atoms with Crippen LogP contribution < -0.4 is 4.74 Å². The number of aliphatic hydroxyl groups is 1. The highest BCUT2D eigenvalue weighted by Gasteiger charge is 2.16. The first-order valence-electron chi connectivity index (χ1n) is 13.6. The van der Waals surface area contributed by atoms with Crippen LogP contribution >= 0.6 is 0 Å². The van der Waals surface area contributed by atoms with Crippen molar-refractivity contribution >= 4 is 0 Å². The van der Waals surface area contributed by atoms with Gasteiger partial charge in [0.15, 0.2) is 17.5 Å². The van der Waals surface area contributed by atoms with Crippen LogP contribution in [0.1, 0.15) is 0 Å². The predicted molar refractivity (Wildman–Crippen MR) is 166 cm³/mol. The van der Waals surface area contributed by atoms with Crippen LogP contribution in [0.25, 0.3) is 56.4 Å². The Balaban J connectivity index is 1.40. The fourth-order valence-corrected chi connectivity index (χ4v) is 4.62. The Morgan fingerprint density at radius 1 is 0.548 bits per heavy atom. The Kier molecular flexibility index (Phi) is 7.70. The number of nitrogens with zero attached hydrogens (tertiary/aromatic N) is 3. The van der Waals surface area contributed by atoms with E-state index in [0.717, 1.165) is 33.4 Å². The number of aliphatic hydroxyl groups excluding tert-OH is 1. The van der Waals surface area contributed by atoms with Crippen LogP contribution in [0.2, 0.25) is 0 Å². The maximum absolute atomic E-state index is 10.9. The first kappa shape index (κ1) is 26.9. The van der Waals surface area contributed by atoms with Gasteiger partial charge in [-0.15, -0.1) is 0 Å².